The number of carboxylic acid groups (broad SMARTS) is 1. The molecule has 4 saturated carbocycles. The van der Waals surface area contributed by atoms with Gasteiger partial charge in [0.1, 0.15) is 0 Å². The SMILES string of the molecule is CC1(C)O[C@H]2[C@@H](O1)[C@@]13C[C@@H](CC[C@H]1[C@]1(C)CCC[C@@](C)(C(=O)O)[C@@H]21)[C@]1(COC(C)(C)O1)C3. The molecule has 0 aromatic heterocycles. The molecule has 2 saturated heterocycles. The molecule has 32 heavy (non-hydrogen) atoms. The number of hydrogen-bond donors (Lipinski definition) is 1. The molecule has 0 aromatic carbocycles. The molecule has 2 bridgehead atoms. The fourth-order valence-electron chi connectivity index (χ4n) is 9.96. The van der Waals surface area contributed by atoms with E-state index in [0.717, 1.165) is 38.5 Å². The second-order valence-corrected chi connectivity index (χ2v) is 13.4. The van der Waals surface area contributed by atoms with Crippen LogP contribution in [0.5, 0.6) is 0 Å². The Balaban J connectivity index is 1.50. The number of carbonyl (C=O) groups is 1. The Morgan fingerprint density at radius 3 is 2.38 bits per heavy atom. The van der Waals surface area contributed by atoms with E-state index in [1.165, 1.54) is 0 Å². The summed E-state index contributed by atoms with van der Waals surface area (Å²) in [5.74, 6) is -1.10. The normalized spacial score (nSPS) is 57.1. The van der Waals surface area contributed by atoms with Gasteiger partial charge in [-0.3, -0.25) is 4.79 Å². The van der Waals surface area contributed by atoms with Gasteiger partial charge in [0, 0.05) is 11.3 Å². The van der Waals surface area contributed by atoms with Crippen molar-refractivity contribution in [3.05, 3.63) is 0 Å². The fourth-order valence-corrected chi connectivity index (χ4v) is 9.96. The van der Waals surface area contributed by atoms with Crippen LogP contribution >= 0.6 is 0 Å². The Morgan fingerprint density at radius 1 is 0.969 bits per heavy atom. The average molecular weight is 449 g/mol. The predicted octanol–water partition coefficient (Wildman–Crippen LogP) is 4.75. The van der Waals surface area contributed by atoms with E-state index in [4.69, 9.17) is 18.9 Å². The Bertz CT molecular complexity index is 853. The maximum atomic E-state index is 12.7. The van der Waals surface area contributed by atoms with Gasteiger partial charge in [-0.2, -0.15) is 0 Å². The lowest BCUT2D eigenvalue weighted by atomic mass is 9.39. The summed E-state index contributed by atoms with van der Waals surface area (Å²) in [5.41, 5.74) is -1.18. The summed E-state index contributed by atoms with van der Waals surface area (Å²) >= 11 is 0. The van der Waals surface area contributed by atoms with Gasteiger partial charge < -0.3 is 24.1 Å². The minimum absolute atomic E-state index is 0.0473. The first-order valence-electron chi connectivity index (χ1n) is 12.7. The number of ether oxygens (including phenoxy) is 4. The zero-order chi connectivity index (χ0) is 22.9. The maximum Gasteiger partial charge on any atom is 0.309 e. The molecular formula is C26H40O6. The van der Waals surface area contributed by atoms with Crippen molar-refractivity contribution in [3.63, 3.8) is 0 Å². The number of rotatable bonds is 1. The second kappa shape index (κ2) is 6.10. The summed E-state index contributed by atoms with van der Waals surface area (Å²) in [6.45, 7) is 13.1. The van der Waals surface area contributed by atoms with Crippen molar-refractivity contribution in [1.82, 2.24) is 0 Å². The van der Waals surface area contributed by atoms with Crippen molar-refractivity contribution in [2.75, 3.05) is 6.61 Å². The van der Waals surface area contributed by atoms with Gasteiger partial charge in [0.05, 0.1) is 29.8 Å². The molecule has 2 spiro atoms. The number of hydrogen-bond acceptors (Lipinski definition) is 5. The molecule has 0 radical (unpaired) electrons. The van der Waals surface area contributed by atoms with Crippen molar-refractivity contribution in [1.29, 1.82) is 0 Å². The van der Waals surface area contributed by atoms with Crippen LogP contribution in [0.2, 0.25) is 0 Å². The summed E-state index contributed by atoms with van der Waals surface area (Å²) in [6.07, 6.45) is 6.71. The van der Waals surface area contributed by atoms with Gasteiger partial charge in [-0.15, -0.1) is 0 Å². The van der Waals surface area contributed by atoms with Gasteiger partial charge >= 0.3 is 5.97 Å². The molecule has 180 valence electrons. The van der Waals surface area contributed by atoms with Crippen molar-refractivity contribution < 1.29 is 28.8 Å². The summed E-state index contributed by atoms with van der Waals surface area (Å²) in [5, 5.41) is 10.4. The largest absolute Gasteiger partial charge is 0.481 e. The third-order valence-corrected chi connectivity index (χ3v) is 10.7. The van der Waals surface area contributed by atoms with Gasteiger partial charge in [-0.05, 0) is 90.4 Å². The van der Waals surface area contributed by atoms with E-state index in [2.05, 4.69) is 6.92 Å². The lowest BCUT2D eigenvalue weighted by Crippen LogP contribution is -2.68. The highest BCUT2D eigenvalue weighted by molar-refractivity contribution is 5.75. The minimum Gasteiger partial charge on any atom is -0.481 e. The molecule has 6 fully saturated rings. The first-order chi connectivity index (χ1) is 14.8. The van der Waals surface area contributed by atoms with Crippen LogP contribution in [-0.2, 0) is 23.7 Å². The first kappa shape index (κ1) is 21.8. The van der Waals surface area contributed by atoms with Gasteiger partial charge in [0.15, 0.2) is 11.6 Å². The molecule has 0 unspecified atom stereocenters. The third kappa shape index (κ3) is 2.53. The molecular weight excluding hydrogens is 408 g/mol. The molecule has 6 nitrogen and oxygen atoms in total. The highest BCUT2D eigenvalue weighted by Crippen LogP contribution is 2.76. The lowest BCUT2D eigenvalue weighted by molar-refractivity contribution is -0.226. The second-order valence-electron chi connectivity index (χ2n) is 13.4. The zero-order valence-electron chi connectivity index (χ0n) is 20.5. The summed E-state index contributed by atoms with van der Waals surface area (Å²) < 4.78 is 26.2. The van der Waals surface area contributed by atoms with Gasteiger partial charge in [0.2, 0.25) is 0 Å². The summed E-state index contributed by atoms with van der Waals surface area (Å²) in [7, 11) is 0. The lowest BCUT2D eigenvalue weighted by Gasteiger charge is -2.66. The number of aliphatic carboxylic acids is 1. The van der Waals surface area contributed by atoms with E-state index in [9.17, 15) is 9.90 Å². The van der Waals surface area contributed by atoms with Crippen LogP contribution in [0.3, 0.4) is 0 Å². The minimum atomic E-state index is -0.788. The number of fused-ring (bicyclic) bond motifs is 6. The Morgan fingerprint density at radius 2 is 1.72 bits per heavy atom. The standard InChI is InChI=1S/C26H40O6/c1-21(2)29-14-26(32-21)13-25-12-15(26)8-9-16(25)23(5)10-7-11-24(6,20(27)28)18(23)17-19(25)31-22(3,4)30-17/h15-19H,7-14H2,1-6H3,(H,27,28)/t15-,16+,17-,18+,19-,23+,24-,25-,26-/m1/s1. The van der Waals surface area contributed by atoms with Gasteiger partial charge in [0.25, 0.3) is 0 Å². The fraction of sp³-hybridized carbons (Fsp3) is 0.962. The molecule has 6 rings (SSSR count). The predicted molar refractivity (Wildman–Crippen MR) is 117 cm³/mol. The summed E-state index contributed by atoms with van der Waals surface area (Å²) in [4.78, 5) is 12.7. The first-order valence-corrected chi connectivity index (χ1v) is 12.7. The van der Waals surface area contributed by atoms with Crippen LogP contribution in [0.1, 0.15) is 86.5 Å². The molecule has 6 heteroatoms. The quantitative estimate of drug-likeness (QED) is 0.624. The van der Waals surface area contributed by atoms with Crippen LogP contribution in [-0.4, -0.2) is 47.1 Å². The molecule has 2 aliphatic heterocycles. The molecule has 6 aliphatic rings. The molecule has 1 N–H and O–H groups in total. The van der Waals surface area contributed by atoms with E-state index in [1.54, 1.807) is 0 Å². The van der Waals surface area contributed by atoms with E-state index in [1.807, 2.05) is 34.6 Å². The summed E-state index contributed by atoms with van der Waals surface area (Å²) in [6, 6.07) is 0. The van der Waals surface area contributed by atoms with Crippen LogP contribution in [0.25, 0.3) is 0 Å². The Labute approximate surface area is 191 Å². The van der Waals surface area contributed by atoms with Gasteiger partial charge in [-0.1, -0.05) is 13.3 Å². The average Bonchev–Trinajstić information content (AvgIpc) is 3.24. The van der Waals surface area contributed by atoms with Gasteiger partial charge in [-0.25, -0.2) is 0 Å². The van der Waals surface area contributed by atoms with E-state index < -0.39 is 23.0 Å². The van der Waals surface area contributed by atoms with Crippen LogP contribution in [0.15, 0.2) is 0 Å². The van der Waals surface area contributed by atoms with Crippen molar-refractivity contribution in [3.8, 4) is 0 Å². The van der Waals surface area contributed by atoms with Crippen molar-refractivity contribution in [2.24, 2.45) is 34.0 Å². The Hall–Kier alpha value is -0.690. The van der Waals surface area contributed by atoms with Crippen LogP contribution in [0.4, 0.5) is 0 Å². The van der Waals surface area contributed by atoms with Crippen molar-refractivity contribution in [2.45, 2.75) is 116 Å². The monoisotopic (exact) mass is 448 g/mol. The van der Waals surface area contributed by atoms with Crippen LogP contribution < -0.4 is 0 Å². The Kier molecular flexibility index (Phi) is 4.16. The topological polar surface area (TPSA) is 74.2 Å². The van der Waals surface area contributed by atoms with E-state index in [0.29, 0.717) is 24.9 Å². The smallest absolute Gasteiger partial charge is 0.309 e. The van der Waals surface area contributed by atoms with E-state index >= 15 is 0 Å². The number of carboxylic acids is 1. The molecule has 9 atom stereocenters. The molecule has 2 heterocycles. The molecule has 4 aliphatic carbocycles. The maximum absolute atomic E-state index is 12.7. The van der Waals surface area contributed by atoms with Crippen molar-refractivity contribution >= 4 is 5.97 Å². The third-order valence-electron chi connectivity index (χ3n) is 10.7. The highest BCUT2D eigenvalue weighted by Gasteiger charge is 2.78. The highest BCUT2D eigenvalue weighted by atomic mass is 16.8. The van der Waals surface area contributed by atoms with E-state index in [-0.39, 0.29) is 34.6 Å². The molecule has 0 amide bonds. The molecule has 0 aromatic rings. The van der Waals surface area contributed by atoms with Crippen LogP contribution in [0, 0.1) is 34.0 Å². The zero-order valence-corrected chi connectivity index (χ0v) is 20.5.